The predicted molar refractivity (Wildman–Crippen MR) is 104 cm³/mol. The molecule has 1 N–H and O–H groups in total. The van der Waals surface area contributed by atoms with Crippen molar-refractivity contribution in [2.45, 2.75) is 71.6 Å². The van der Waals surface area contributed by atoms with Gasteiger partial charge in [0, 0.05) is 48.4 Å². The number of likely N-dealkylation sites (tertiary alicyclic amines) is 1. The summed E-state index contributed by atoms with van der Waals surface area (Å²) in [6, 6.07) is 0. The summed E-state index contributed by atoms with van der Waals surface area (Å²) in [7, 11) is 0. The molecule has 1 aromatic heterocycles. The van der Waals surface area contributed by atoms with Crippen molar-refractivity contribution in [2.75, 3.05) is 19.6 Å². The summed E-state index contributed by atoms with van der Waals surface area (Å²) >= 11 is 0. The number of nitrogens with zero attached hydrogens (tertiary/aromatic N) is 3. The predicted octanol–water partition coefficient (Wildman–Crippen LogP) is 2.67. The zero-order valence-corrected chi connectivity index (χ0v) is 16.9. The molecule has 1 aliphatic heterocycles. The van der Waals surface area contributed by atoms with Crippen LogP contribution in [0, 0.1) is 19.8 Å². The van der Waals surface area contributed by atoms with Crippen LogP contribution in [0.25, 0.3) is 0 Å². The van der Waals surface area contributed by atoms with Gasteiger partial charge in [0.1, 0.15) is 5.82 Å². The molecule has 0 aromatic carbocycles. The monoisotopic (exact) mass is 372 g/mol. The SMILES string of the molecule is CCNC(=O)Cc1c(C)nc([C@@H]2CCCN(C(=O)C3CCCC3)C2)nc1C. The first-order valence-electron chi connectivity index (χ1n) is 10.4. The average Bonchev–Trinajstić information content (AvgIpc) is 3.19. The fraction of sp³-hybridized carbons (Fsp3) is 0.714. The molecule has 27 heavy (non-hydrogen) atoms. The Kier molecular flexibility index (Phi) is 6.45. The van der Waals surface area contributed by atoms with Gasteiger partial charge in [-0.05, 0) is 46.5 Å². The summed E-state index contributed by atoms with van der Waals surface area (Å²) < 4.78 is 0. The van der Waals surface area contributed by atoms with E-state index >= 15 is 0 Å². The van der Waals surface area contributed by atoms with E-state index in [1.54, 1.807) is 0 Å². The molecule has 0 unspecified atom stereocenters. The highest BCUT2D eigenvalue weighted by molar-refractivity contribution is 5.79. The zero-order chi connectivity index (χ0) is 19.4. The third kappa shape index (κ3) is 4.66. The van der Waals surface area contributed by atoms with E-state index < -0.39 is 0 Å². The number of aromatic nitrogens is 2. The smallest absolute Gasteiger partial charge is 0.225 e. The molecule has 0 bridgehead atoms. The second kappa shape index (κ2) is 8.81. The molecule has 1 saturated carbocycles. The molecule has 6 heteroatoms. The molecule has 0 spiro atoms. The molecule has 1 saturated heterocycles. The van der Waals surface area contributed by atoms with Crippen LogP contribution in [0.1, 0.15) is 74.1 Å². The van der Waals surface area contributed by atoms with E-state index in [0.717, 1.165) is 61.5 Å². The van der Waals surface area contributed by atoms with Gasteiger partial charge in [-0.15, -0.1) is 0 Å². The lowest BCUT2D eigenvalue weighted by Gasteiger charge is -2.34. The van der Waals surface area contributed by atoms with Gasteiger partial charge in [-0.3, -0.25) is 9.59 Å². The highest BCUT2D eigenvalue weighted by Gasteiger charge is 2.32. The van der Waals surface area contributed by atoms with Gasteiger partial charge in [0.2, 0.25) is 11.8 Å². The van der Waals surface area contributed by atoms with Gasteiger partial charge >= 0.3 is 0 Å². The largest absolute Gasteiger partial charge is 0.356 e. The van der Waals surface area contributed by atoms with Crippen molar-refractivity contribution in [3.8, 4) is 0 Å². The van der Waals surface area contributed by atoms with Crippen molar-refractivity contribution in [1.82, 2.24) is 20.2 Å². The first-order valence-corrected chi connectivity index (χ1v) is 10.4. The normalized spacial score (nSPS) is 20.7. The van der Waals surface area contributed by atoms with Crippen molar-refractivity contribution in [1.29, 1.82) is 0 Å². The topological polar surface area (TPSA) is 75.2 Å². The Morgan fingerprint density at radius 1 is 1.07 bits per heavy atom. The summed E-state index contributed by atoms with van der Waals surface area (Å²) in [6.45, 7) is 8.04. The molecular weight excluding hydrogens is 340 g/mol. The number of carbonyl (C=O) groups is 2. The fourth-order valence-corrected chi connectivity index (χ4v) is 4.44. The van der Waals surface area contributed by atoms with E-state index in [1.807, 2.05) is 25.7 Å². The lowest BCUT2D eigenvalue weighted by molar-refractivity contribution is -0.136. The third-order valence-electron chi connectivity index (χ3n) is 5.95. The second-order valence-corrected chi connectivity index (χ2v) is 7.97. The number of amides is 2. The standard InChI is InChI=1S/C21H32N4O2/c1-4-22-19(26)12-18-14(2)23-20(24-15(18)3)17-10-7-11-25(13-17)21(27)16-8-5-6-9-16/h16-17H,4-13H2,1-3H3,(H,22,26)/t17-/m1/s1. The van der Waals surface area contributed by atoms with E-state index in [1.165, 1.54) is 12.8 Å². The van der Waals surface area contributed by atoms with Gasteiger partial charge in [-0.2, -0.15) is 0 Å². The molecule has 6 nitrogen and oxygen atoms in total. The van der Waals surface area contributed by atoms with Crippen molar-refractivity contribution in [2.24, 2.45) is 5.92 Å². The number of likely N-dealkylation sites (N-methyl/N-ethyl adjacent to an activating group) is 1. The molecule has 2 fully saturated rings. The highest BCUT2D eigenvalue weighted by atomic mass is 16.2. The van der Waals surface area contributed by atoms with E-state index in [2.05, 4.69) is 5.32 Å². The Balaban J connectivity index is 1.71. The summed E-state index contributed by atoms with van der Waals surface area (Å²) in [5.74, 6) is 1.59. The van der Waals surface area contributed by atoms with Crippen molar-refractivity contribution in [3.05, 3.63) is 22.8 Å². The van der Waals surface area contributed by atoms with Crippen molar-refractivity contribution in [3.63, 3.8) is 0 Å². The minimum absolute atomic E-state index is 0.00560. The fourth-order valence-electron chi connectivity index (χ4n) is 4.44. The number of hydrogen-bond acceptors (Lipinski definition) is 4. The molecule has 1 aliphatic carbocycles. The zero-order valence-electron chi connectivity index (χ0n) is 16.9. The summed E-state index contributed by atoms with van der Waals surface area (Å²) in [4.78, 5) is 36.2. The molecule has 0 radical (unpaired) electrons. The minimum Gasteiger partial charge on any atom is -0.356 e. The Morgan fingerprint density at radius 2 is 1.74 bits per heavy atom. The number of piperidine rings is 1. The van der Waals surface area contributed by atoms with Crippen molar-refractivity contribution >= 4 is 11.8 Å². The number of carbonyl (C=O) groups excluding carboxylic acids is 2. The lowest BCUT2D eigenvalue weighted by Crippen LogP contribution is -2.42. The molecule has 3 rings (SSSR count). The summed E-state index contributed by atoms with van der Waals surface area (Å²) in [6.07, 6.45) is 6.80. The van der Waals surface area contributed by atoms with E-state index in [0.29, 0.717) is 18.9 Å². The Labute approximate surface area is 162 Å². The number of hydrogen-bond donors (Lipinski definition) is 1. The summed E-state index contributed by atoms with van der Waals surface area (Å²) in [5, 5.41) is 2.83. The molecule has 2 amide bonds. The van der Waals surface area contributed by atoms with Crippen LogP contribution in [-0.2, 0) is 16.0 Å². The van der Waals surface area contributed by atoms with Crippen molar-refractivity contribution < 1.29 is 9.59 Å². The highest BCUT2D eigenvalue weighted by Crippen LogP contribution is 2.31. The van der Waals surface area contributed by atoms with Gasteiger partial charge in [-0.1, -0.05) is 12.8 Å². The molecule has 2 aliphatic rings. The molecule has 1 atom stereocenters. The maximum Gasteiger partial charge on any atom is 0.225 e. The maximum absolute atomic E-state index is 12.8. The van der Waals surface area contributed by atoms with Gasteiger partial charge in [0.05, 0.1) is 6.42 Å². The Bertz CT molecular complexity index is 674. The number of rotatable bonds is 5. The Hall–Kier alpha value is -1.98. The van der Waals surface area contributed by atoms with Crippen LogP contribution in [-0.4, -0.2) is 46.3 Å². The van der Waals surface area contributed by atoms with E-state index in [9.17, 15) is 9.59 Å². The van der Waals surface area contributed by atoms with E-state index in [4.69, 9.17) is 9.97 Å². The van der Waals surface area contributed by atoms with E-state index in [-0.39, 0.29) is 17.7 Å². The van der Waals surface area contributed by atoms with Crippen LogP contribution in [0.4, 0.5) is 0 Å². The lowest BCUT2D eigenvalue weighted by atomic mass is 9.94. The first-order chi connectivity index (χ1) is 13.0. The number of aryl methyl sites for hydroxylation is 2. The van der Waals surface area contributed by atoms with Crippen LogP contribution in [0.5, 0.6) is 0 Å². The van der Waals surface area contributed by atoms with Gasteiger partial charge < -0.3 is 10.2 Å². The maximum atomic E-state index is 12.8. The molecular formula is C21H32N4O2. The molecule has 2 heterocycles. The minimum atomic E-state index is 0.00560. The number of nitrogens with one attached hydrogen (secondary N) is 1. The summed E-state index contributed by atoms with van der Waals surface area (Å²) in [5.41, 5.74) is 2.67. The van der Waals surface area contributed by atoms with Gasteiger partial charge in [0.15, 0.2) is 0 Å². The quantitative estimate of drug-likeness (QED) is 0.862. The van der Waals surface area contributed by atoms with Gasteiger partial charge in [0.25, 0.3) is 0 Å². The molecule has 148 valence electrons. The van der Waals surface area contributed by atoms with Crippen LogP contribution in [0.3, 0.4) is 0 Å². The first kappa shape index (κ1) is 19.8. The second-order valence-electron chi connectivity index (χ2n) is 7.97. The van der Waals surface area contributed by atoms with Crippen LogP contribution < -0.4 is 5.32 Å². The Morgan fingerprint density at radius 3 is 2.37 bits per heavy atom. The van der Waals surface area contributed by atoms with Crippen LogP contribution in [0.15, 0.2) is 0 Å². The van der Waals surface area contributed by atoms with Crippen LogP contribution in [0.2, 0.25) is 0 Å². The van der Waals surface area contributed by atoms with Crippen LogP contribution >= 0.6 is 0 Å². The van der Waals surface area contributed by atoms with Gasteiger partial charge in [-0.25, -0.2) is 9.97 Å². The third-order valence-corrected chi connectivity index (χ3v) is 5.95. The average molecular weight is 373 g/mol. The molecule has 1 aromatic rings.